The predicted molar refractivity (Wildman–Crippen MR) is 131 cm³/mol. The number of para-hydroxylation sites is 1. The minimum absolute atomic E-state index is 0.0351. The van der Waals surface area contributed by atoms with Gasteiger partial charge in [-0.3, -0.25) is 9.59 Å². The molecule has 2 aromatic heterocycles. The van der Waals surface area contributed by atoms with Crippen LogP contribution in [0.5, 0.6) is 5.75 Å². The van der Waals surface area contributed by atoms with Crippen LogP contribution in [0.15, 0.2) is 76.1 Å². The van der Waals surface area contributed by atoms with E-state index >= 15 is 0 Å². The van der Waals surface area contributed by atoms with Crippen LogP contribution in [0.3, 0.4) is 0 Å². The molecule has 5 nitrogen and oxygen atoms in total. The molecule has 1 N–H and O–H groups in total. The van der Waals surface area contributed by atoms with Gasteiger partial charge in [-0.05, 0) is 55.3 Å². The molecule has 0 bridgehead atoms. The Bertz CT molecular complexity index is 1600. The van der Waals surface area contributed by atoms with Crippen molar-refractivity contribution >= 4 is 39.3 Å². The van der Waals surface area contributed by atoms with Gasteiger partial charge in [0.1, 0.15) is 5.58 Å². The first-order valence-corrected chi connectivity index (χ1v) is 10.9. The zero-order chi connectivity index (χ0) is 23.1. The summed E-state index contributed by atoms with van der Waals surface area (Å²) < 4.78 is 12.0. The van der Waals surface area contributed by atoms with Crippen molar-refractivity contribution < 1.29 is 13.9 Å². The number of benzene rings is 3. The summed E-state index contributed by atoms with van der Waals surface area (Å²) in [5.41, 5.74) is 3.93. The summed E-state index contributed by atoms with van der Waals surface area (Å²) in [6.45, 7) is 3.56. The summed E-state index contributed by atoms with van der Waals surface area (Å²) in [6.07, 6.45) is 1.65. The first-order chi connectivity index (χ1) is 15.9. The highest BCUT2D eigenvalue weighted by Gasteiger charge is 2.22. The molecule has 0 fully saturated rings. The number of aryl methyl sites for hydroxylation is 2. The smallest absolute Gasteiger partial charge is 0.235 e. The molecule has 6 heteroatoms. The van der Waals surface area contributed by atoms with Crippen molar-refractivity contribution in [1.29, 1.82) is 0 Å². The number of halogens is 1. The summed E-state index contributed by atoms with van der Waals surface area (Å²) in [7, 11) is 0. The van der Waals surface area contributed by atoms with E-state index in [0.29, 0.717) is 27.1 Å². The lowest BCUT2D eigenvalue weighted by atomic mass is 10.0. The number of aromatic amines is 1. The zero-order valence-corrected chi connectivity index (χ0v) is 18.8. The van der Waals surface area contributed by atoms with E-state index in [0.717, 1.165) is 22.0 Å². The van der Waals surface area contributed by atoms with Gasteiger partial charge in [0, 0.05) is 28.2 Å². The minimum Gasteiger partial charge on any atom is -0.478 e. The van der Waals surface area contributed by atoms with Crippen LogP contribution in [0.25, 0.3) is 33.2 Å². The van der Waals surface area contributed by atoms with Gasteiger partial charge >= 0.3 is 0 Å². The molecular weight excluding hydrogens is 438 g/mol. The summed E-state index contributed by atoms with van der Waals surface area (Å²) in [4.78, 5) is 29.5. The van der Waals surface area contributed by atoms with Crippen LogP contribution in [0.4, 0.5) is 0 Å². The third-order valence-electron chi connectivity index (χ3n) is 5.82. The maximum Gasteiger partial charge on any atom is 0.235 e. The molecule has 0 aliphatic carbocycles. The molecule has 0 saturated carbocycles. The first kappa shape index (κ1) is 21.0. The van der Waals surface area contributed by atoms with E-state index in [4.69, 9.17) is 20.8 Å². The molecule has 0 amide bonds. The van der Waals surface area contributed by atoms with Crippen LogP contribution in [-0.4, -0.2) is 17.4 Å². The minimum atomic E-state index is -0.346. The van der Waals surface area contributed by atoms with E-state index in [1.165, 1.54) is 0 Å². The van der Waals surface area contributed by atoms with Crippen molar-refractivity contribution in [3.63, 3.8) is 0 Å². The number of carbonyl (C=O) groups excluding carboxylic acids is 1. The first-order valence-electron chi connectivity index (χ1n) is 10.5. The Morgan fingerprint density at radius 1 is 1.00 bits per heavy atom. The van der Waals surface area contributed by atoms with Gasteiger partial charge in [0.2, 0.25) is 17.0 Å². The number of hydrogen-bond donors (Lipinski definition) is 1. The molecule has 2 heterocycles. The molecule has 0 spiro atoms. The maximum absolute atomic E-state index is 13.5. The van der Waals surface area contributed by atoms with Gasteiger partial charge in [0.25, 0.3) is 0 Å². The molecule has 33 heavy (non-hydrogen) atoms. The molecule has 0 aliphatic rings. The number of nitrogens with one attached hydrogen (secondary N) is 1. The number of ketones is 1. The van der Waals surface area contributed by atoms with Crippen molar-refractivity contribution in [1.82, 2.24) is 4.98 Å². The van der Waals surface area contributed by atoms with Crippen molar-refractivity contribution in [3.05, 3.63) is 98.8 Å². The van der Waals surface area contributed by atoms with Gasteiger partial charge in [-0.2, -0.15) is 0 Å². The van der Waals surface area contributed by atoms with E-state index in [1.807, 2.05) is 44.2 Å². The molecule has 0 aliphatic heterocycles. The highest BCUT2D eigenvalue weighted by Crippen LogP contribution is 2.36. The Kier molecular flexibility index (Phi) is 5.27. The Balaban J connectivity index is 1.61. The topological polar surface area (TPSA) is 72.3 Å². The maximum atomic E-state index is 13.5. The van der Waals surface area contributed by atoms with Crippen LogP contribution in [0.1, 0.15) is 21.5 Å². The Morgan fingerprint density at radius 3 is 2.55 bits per heavy atom. The number of carbonyl (C=O) groups is 1. The Labute approximate surface area is 194 Å². The average Bonchev–Trinajstić information content (AvgIpc) is 3.24. The van der Waals surface area contributed by atoms with Crippen molar-refractivity contribution in [2.75, 3.05) is 6.61 Å². The van der Waals surface area contributed by atoms with Crippen LogP contribution >= 0.6 is 11.6 Å². The van der Waals surface area contributed by atoms with Crippen molar-refractivity contribution in [2.24, 2.45) is 0 Å². The van der Waals surface area contributed by atoms with Crippen LogP contribution < -0.4 is 10.2 Å². The third kappa shape index (κ3) is 3.70. The second-order valence-corrected chi connectivity index (χ2v) is 8.37. The summed E-state index contributed by atoms with van der Waals surface area (Å²) in [5, 5.41) is 1.61. The third-order valence-corrected chi connectivity index (χ3v) is 6.15. The van der Waals surface area contributed by atoms with Crippen LogP contribution in [-0.2, 0) is 0 Å². The molecule has 164 valence electrons. The summed E-state index contributed by atoms with van der Waals surface area (Å²) in [5.74, 6) is -0.0859. The van der Waals surface area contributed by atoms with Crippen LogP contribution in [0, 0.1) is 13.8 Å². The van der Waals surface area contributed by atoms with Gasteiger partial charge < -0.3 is 14.1 Å². The molecule has 5 aromatic rings. The lowest BCUT2D eigenvalue weighted by molar-refractivity contribution is 0.0922. The molecule has 0 atom stereocenters. The molecule has 0 saturated heterocycles. The molecule has 5 rings (SSSR count). The van der Waals surface area contributed by atoms with E-state index < -0.39 is 0 Å². The Morgan fingerprint density at radius 2 is 1.73 bits per heavy atom. The van der Waals surface area contributed by atoms with Crippen LogP contribution in [0.2, 0.25) is 5.02 Å². The van der Waals surface area contributed by atoms with Gasteiger partial charge in [0.15, 0.2) is 12.4 Å². The second-order valence-electron chi connectivity index (χ2n) is 7.96. The lowest BCUT2D eigenvalue weighted by Gasteiger charge is -2.13. The number of ether oxygens (including phenoxy) is 1. The normalized spacial score (nSPS) is 11.2. The van der Waals surface area contributed by atoms with E-state index in [1.54, 1.807) is 36.5 Å². The average molecular weight is 458 g/mol. The van der Waals surface area contributed by atoms with E-state index in [9.17, 15) is 9.59 Å². The molecule has 0 radical (unpaired) electrons. The highest BCUT2D eigenvalue weighted by atomic mass is 35.5. The second kappa shape index (κ2) is 8.26. The number of fused-ring (bicyclic) bond motifs is 2. The quantitative estimate of drug-likeness (QED) is 0.307. The number of hydrogen-bond acceptors (Lipinski definition) is 4. The standard InChI is InChI=1S/C27H20ClNO4/c1-15-11-19-24(12-16(15)2)33-26(18-8-3-5-9-21(18)28)27(25(19)31)32-14-23(30)20-13-29-22-10-6-4-7-17(20)22/h3-13,29H,14H2,1-2H3. The van der Waals surface area contributed by atoms with Crippen molar-refractivity contribution in [2.45, 2.75) is 13.8 Å². The van der Waals surface area contributed by atoms with E-state index in [-0.39, 0.29) is 29.3 Å². The largest absolute Gasteiger partial charge is 0.478 e. The number of H-pyrrole nitrogens is 1. The molecule has 0 unspecified atom stereocenters. The fraction of sp³-hybridized carbons (Fsp3) is 0.111. The van der Waals surface area contributed by atoms with Gasteiger partial charge in [-0.15, -0.1) is 0 Å². The van der Waals surface area contributed by atoms with Crippen molar-refractivity contribution in [3.8, 4) is 17.1 Å². The number of rotatable bonds is 5. The summed E-state index contributed by atoms with van der Waals surface area (Å²) >= 11 is 6.41. The SMILES string of the molecule is Cc1cc2oc(-c3ccccc3Cl)c(OCC(=O)c3c[nH]c4ccccc34)c(=O)c2cc1C. The number of aromatic nitrogens is 1. The Hall–Kier alpha value is -3.83. The van der Waals surface area contributed by atoms with Gasteiger partial charge in [-0.25, -0.2) is 0 Å². The van der Waals surface area contributed by atoms with Gasteiger partial charge in [0.05, 0.1) is 10.4 Å². The lowest BCUT2D eigenvalue weighted by Crippen LogP contribution is -2.17. The zero-order valence-electron chi connectivity index (χ0n) is 18.1. The fourth-order valence-electron chi connectivity index (χ4n) is 3.90. The van der Waals surface area contributed by atoms with Gasteiger partial charge in [-0.1, -0.05) is 41.9 Å². The fourth-order valence-corrected chi connectivity index (χ4v) is 4.13. The number of Topliss-reactive ketones (excluding diaryl/α,β-unsaturated/α-hetero) is 1. The predicted octanol–water partition coefficient (Wildman–Crippen LogP) is 6.47. The summed E-state index contributed by atoms with van der Waals surface area (Å²) in [6, 6.07) is 18.2. The molecule has 3 aromatic carbocycles. The molecular formula is C27H20ClNO4. The highest BCUT2D eigenvalue weighted by molar-refractivity contribution is 6.33. The van der Waals surface area contributed by atoms with E-state index in [2.05, 4.69) is 4.98 Å². The monoisotopic (exact) mass is 457 g/mol.